The van der Waals surface area contributed by atoms with Gasteiger partial charge in [0, 0.05) is 5.25 Å². The molecule has 3 N–H and O–H groups in total. The molecule has 0 amide bonds. The van der Waals surface area contributed by atoms with Crippen molar-refractivity contribution < 1.29 is 19.7 Å². The van der Waals surface area contributed by atoms with E-state index in [1.807, 2.05) is 13.8 Å². The van der Waals surface area contributed by atoms with E-state index in [4.69, 9.17) is 4.43 Å². The van der Waals surface area contributed by atoms with Gasteiger partial charge in [-0.2, -0.15) is 11.8 Å². The maximum absolute atomic E-state index is 10.3. The van der Waals surface area contributed by atoms with Gasteiger partial charge in [-0.15, -0.1) is 0 Å². The summed E-state index contributed by atoms with van der Waals surface area (Å²) in [5, 5.41) is 30.6. The van der Waals surface area contributed by atoms with Gasteiger partial charge in [-0.1, -0.05) is 55.4 Å². The van der Waals surface area contributed by atoms with E-state index in [0.717, 1.165) is 5.75 Å². The van der Waals surface area contributed by atoms with Crippen LogP contribution in [-0.2, 0) is 4.43 Å². The average molecular weight is 367 g/mol. The highest BCUT2D eigenvalue weighted by molar-refractivity contribution is 7.99. The lowest BCUT2D eigenvalue weighted by atomic mass is 10.1. The lowest BCUT2D eigenvalue weighted by Gasteiger charge is -2.43. The lowest BCUT2D eigenvalue weighted by Crippen LogP contribution is -2.51. The zero-order valence-corrected chi connectivity index (χ0v) is 17.9. The maximum Gasteiger partial charge on any atom is 0.200 e. The number of hydrogen-bond acceptors (Lipinski definition) is 5. The molecule has 6 heteroatoms. The van der Waals surface area contributed by atoms with Crippen LogP contribution in [0.15, 0.2) is 0 Å². The largest absolute Gasteiger partial charge is 0.413 e. The first-order valence-corrected chi connectivity index (χ1v) is 12.0. The van der Waals surface area contributed by atoms with Crippen LogP contribution in [0.5, 0.6) is 0 Å². The Morgan fingerprint density at radius 1 is 0.826 bits per heavy atom. The second kappa shape index (κ2) is 10.4. The molecule has 0 aromatic carbocycles. The van der Waals surface area contributed by atoms with Crippen molar-refractivity contribution in [2.24, 2.45) is 0 Å². The summed E-state index contributed by atoms with van der Waals surface area (Å²) >= 11 is 1.57. The average Bonchev–Trinajstić information content (AvgIpc) is 2.45. The molecule has 0 aliphatic heterocycles. The molecule has 4 unspecified atom stereocenters. The molecule has 4 nitrogen and oxygen atoms in total. The monoisotopic (exact) mass is 366 g/mol. The third kappa shape index (κ3) is 6.01. The van der Waals surface area contributed by atoms with Gasteiger partial charge in [0.15, 0.2) is 8.32 Å². The molecule has 23 heavy (non-hydrogen) atoms. The fraction of sp³-hybridized carbons (Fsp3) is 1.00. The second-order valence-electron chi connectivity index (χ2n) is 7.34. The summed E-state index contributed by atoms with van der Waals surface area (Å²) in [6.45, 7) is 17.1. The van der Waals surface area contributed by atoms with Crippen molar-refractivity contribution in [2.75, 3.05) is 12.4 Å². The summed E-state index contributed by atoms with van der Waals surface area (Å²) in [6, 6.07) is 0. The van der Waals surface area contributed by atoms with E-state index in [1.54, 1.807) is 11.8 Å². The molecule has 0 radical (unpaired) electrons. The van der Waals surface area contributed by atoms with Crippen LogP contribution in [0, 0.1) is 0 Å². The molecule has 0 heterocycles. The lowest BCUT2D eigenvalue weighted by molar-refractivity contribution is -0.0733. The van der Waals surface area contributed by atoms with E-state index in [0.29, 0.717) is 16.6 Å². The van der Waals surface area contributed by atoms with Crippen molar-refractivity contribution >= 4 is 20.1 Å². The molecule has 0 aromatic rings. The minimum Gasteiger partial charge on any atom is -0.413 e. The van der Waals surface area contributed by atoms with Crippen LogP contribution in [0.4, 0.5) is 0 Å². The van der Waals surface area contributed by atoms with Gasteiger partial charge in [-0.3, -0.25) is 0 Å². The number of hydrogen-bond donors (Lipinski definition) is 3. The summed E-state index contributed by atoms with van der Waals surface area (Å²) in [5.41, 5.74) is 1.27. The van der Waals surface area contributed by atoms with Crippen LogP contribution >= 0.6 is 11.8 Å². The first-order valence-electron chi connectivity index (χ1n) is 8.81. The molecular formula is C17H38O4SSi. The van der Waals surface area contributed by atoms with E-state index in [-0.39, 0.29) is 11.9 Å². The second-order valence-corrected chi connectivity index (χ2v) is 14.5. The van der Waals surface area contributed by atoms with E-state index >= 15 is 0 Å². The fourth-order valence-corrected chi connectivity index (χ4v) is 10.0. The SMILES string of the molecule is CCSC(C)C(O)C(O)C(O)CO[Si](C(C)C)(C(C)C)C(C)C. The molecule has 0 aromatic heterocycles. The van der Waals surface area contributed by atoms with Crippen molar-refractivity contribution in [2.45, 2.75) is 95.6 Å². The van der Waals surface area contributed by atoms with Gasteiger partial charge in [0.05, 0.1) is 12.7 Å². The zero-order chi connectivity index (χ0) is 18.4. The Labute approximate surface area is 148 Å². The summed E-state index contributed by atoms with van der Waals surface area (Å²) in [4.78, 5) is 0. The molecule has 4 atom stereocenters. The number of aliphatic hydroxyl groups is 3. The Morgan fingerprint density at radius 3 is 1.61 bits per heavy atom. The van der Waals surface area contributed by atoms with Gasteiger partial charge >= 0.3 is 0 Å². The van der Waals surface area contributed by atoms with Gasteiger partial charge in [-0.05, 0) is 22.4 Å². The van der Waals surface area contributed by atoms with Crippen molar-refractivity contribution in [1.82, 2.24) is 0 Å². The molecule has 0 rings (SSSR count). The van der Waals surface area contributed by atoms with Crippen LogP contribution in [0.1, 0.15) is 55.4 Å². The Balaban J connectivity index is 4.91. The summed E-state index contributed by atoms with van der Waals surface area (Å²) in [6.07, 6.45) is -3.19. The van der Waals surface area contributed by atoms with Crippen molar-refractivity contribution in [3.05, 3.63) is 0 Å². The van der Waals surface area contributed by atoms with E-state index in [2.05, 4.69) is 41.5 Å². The third-order valence-corrected chi connectivity index (χ3v) is 12.1. The van der Waals surface area contributed by atoms with Crippen molar-refractivity contribution in [3.63, 3.8) is 0 Å². The van der Waals surface area contributed by atoms with Gasteiger partial charge in [0.1, 0.15) is 12.2 Å². The van der Waals surface area contributed by atoms with E-state index in [1.165, 1.54) is 0 Å². The molecular weight excluding hydrogens is 328 g/mol. The fourth-order valence-electron chi connectivity index (χ4n) is 3.70. The van der Waals surface area contributed by atoms with Crippen LogP contribution in [0.3, 0.4) is 0 Å². The van der Waals surface area contributed by atoms with Gasteiger partial charge in [-0.25, -0.2) is 0 Å². The minimum atomic E-state index is -2.07. The third-order valence-electron chi connectivity index (χ3n) is 4.87. The summed E-state index contributed by atoms with van der Waals surface area (Å²) < 4.78 is 6.30. The molecule has 0 aliphatic carbocycles. The molecule has 0 bridgehead atoms. The molecule has 140 valence electrons. The van der Waals surface area contributed by atoms with Crippen molar-refractivity contribution in [1.29, 1.82) is 0 Å². The zero-order valence-electron chi connectivity index (χ0n) is 16.1. The van der Waals surface area contributed by atoms with Crippen LogP contribution < -0.4 is 0 Å². The van der Waals surface area contributed by atoms with Crippen LogP contribution in [0.2, 0.25) is 16.6 Å². The predicted molar refractivity (Wildman–Crippen MR) is 103 cm³/mol. The number of thioether (sulfide) groups is 1. The van der Waals surface area contributed by atoms with Crippen LogP contribution in [0.25, 0.3) is 0 Å². The highest BCUT2D eigenvalue weighted by Crippen LogP contribution is 2.42. The Bertz CT molecular complexity index is 304. The number of aliphatic hydroxyl groups excluding tert-OH is 3. The number of rotatable bonds is 11. The normalized spacial score (nSPS) is 18.5. The van der Waals surface area contributed by atoms with Gasteiger partial charge in [0.2, 0.25) is 0 Å². The molecule has 0 saturated heterocycles. The minimum absolute atomic E-state index is 0.0858. The van der Waals surface area contributed by atoms with Gasteiger partial charge in [0.25, 0.3) is 0 Å². The maximum atomic E-state index is 10.3. The standard InChI is InChI=1S/C17H38O4SSi/c1-9-22-14(8)16(19)17(20)15(18)10-21-23(11(2)3,12(4)5)13(6)7/h11-20H,9-10H2,1-8H3. The Hall–Kier alpha value is 0.407. The molecule has 0 saturated carbocycles. The highest BCUT2D eigenvalue weighted by atomic mass is 32.2. The van der Waals surface area contributed by atoms with Crippen LogP contribution in [-0.4, -0.2) is 59.6 Å². The quantitative estimate of drug-likeness (QED) is 0.489. The topological polar surface area (TPSA) is 69.9 Å². The first kappa shape index (κ1) is 23.4. The van der Waals surface area contributed by atoms with E-state index in [9.17, 15) is 15.3 Å². The highest BCUT2D eigenvalue weighted by Gasteiger charge is 2.45. The smallest absolute Gasteiger partial charge is 0.200 e. The first-order chi connectivity index (χ1) is 10.5. The predicted octanol–water partition coefficient (Wildman–Crippen LogP) is 3.40. The van der Waals surface area contributed by atoms with E-state index < -0.39 is 26.6 Å². The summed E-state index contributed by atoms with van der Waals surface area (Å²) in [7, 11) is -2.07. The Kier molecular flexibility index (Phi) is 10.6. The molecule has 0 aliphatic rings. The molecule has 0 fully saturated rings. The summed E-state index contributed by atoms with van der Waals surface area (Å²) in [5.74, 6) is 0.863. The Morgan fingerprint density at radius 2 is 1.26 bits per heavy atom. The van der Waals surface area contributed by atoms with Gasteiger partial charge < -0.3 is 19.7 Å². The van der Waals surface area contributed by atoms with Crippen molar-refractivity contribution in [3.8, 4) is 0 Å². The molecule has 0 spiro atoms.